The van der Waals surface area contributed by atoms with Crippen molar-refractivity contribution in [3.8, 4) is 5.75 Å². The predicted octanol–water partition coefficient (Wildman–Crippen LogP) is 2.70. The summed E-state index contributed by atoms with van der Waals surface area (Å²) in [4.78, 5) is 34.9. The molecule has 2 aromatic carbocycles. The minimum Gasteiger partial charge on any atom is -0.484 e. The van der Waals surface area contributed by atoms with Crippen LogP contribution in [0.1, 0.15) is 25.0 Å². The number of carbonyl (C=O) groups is 3. The van der Waals surface area contributed by atoms with E-state index in [-0.39, 0.29) is 11.7 Å². The first-order chi connectivity index (χ1) is 15.1. The van der Waals surface area contributed by atoms with Crippen molar-refractivity contribution < 1.29 is 32.3 Å². The van der Waals surface area contributed by atoms with Crippen molar-refractivity contribution in [2.45, 2.75) is 26.1 Å². The molecule has 0 bridgehead atoms. The number of rotatable bonds is 7. The van der Waals surface area contributed by atoms with Gasteiger partial charge in [0.15, 0.2) is 6.61 Å². The Hall–Kier alpha value is -3.89. The summed E-state index contributed by atoms with van der Waals surface area (Å²) in [7, 11) is 0. The second kappa shape index (κ2) is 10.9. The molecule has 0 saturated carbocycles. The second-order valence-electron chi connectivity index (χ2n) is 6.78. The first-order valence-corrected chi connectivity index (χ1v) is 9.39. The molecule has 0 aliphatic heterocycles. The summed E-state index contributed by atoms with van der Waals surface area (Å²) < 4.78 is 44.2. The number of nitrogens with one attached hydrogen (secondary N) is 3. The Bertz CT molecular complexity index is 989. The molecule has 0 aliphatic carbocycles. The van der Waals surface area contributed by atoms with Crippen LogP contribution in [-0.4, -0.2) is 36.6 Å². The van der Waals surface area contributed by atoms with E-state index in [0.29, 0.717) is 11.3 Å². The van der Waals surface area contributed by atoms with E-state index in [0.717, 1.165) is 12.1 Å². The van der Waals surface area contributed by atoms with E-state index >= 15 is 0 Å². The van der Waals surface area contributed by atoms with Crippen molar-refractivity contribution in [2.75, 3.05) is 11.9 Å². The minimum absolute atomic E-state index is 0.189. The van der Waals surface area contributed by atoms with Crippen molar-refractivity contribution in [3.63, 3.8) is 0 Å². The number of halogens is 3. The highest BCUT2D eigenvalue weighted by Gasteiger charge is 2.33. The van der Waals surface area contributed by atoms with Gasteiger partial charge in [0.2, 0.25) is 0 Å². The number of alkyl halides is 3. The third-order valence-electron chi connectivity index (χ3n) is 3.76. The average Bonchev–Trinajstić information content (AvgIpc) is 2.72. The van der Waals surface area contributed by atoms with Gasteiger partial charge in [0.05, 0.1) is 17.5 Å². The standard InChI is InChI=1S/C21H21F3N4O4/c1-13(2)26-19(30)20(31)28-25-11-14-7-9-15(10-8-14)32-12-18(29)27-17-6-4-3-5-16(17)21(22,23)24/h3-11,13H,12H2,1-2H3,(H,26,30)(H,27,29)(H,28,31)/b25-11-. The zero-order chi connectivity index (χ0) is 23.7. The van der Waals surface area contributed by atoms with Crippen LogP contribution < -0.4 is 20.8 Å². The predicted molar refractivity (Wildman–Crippen MR) is 111 cm³/mol. The molecule has 0 saturated heterocycles. The SMILES string of the molecule is CC(C)NC(=O)C(=O)N/N=C\c1ccc(OCC(=O)Nc2ccccc2C(F)(F)F)cc1. The van der Waals surface area contributed by atoms with Gasteiger partial charge < -0.3 is 15.4 Å². The van der Waals surface area contributed by atoms with Crippen LogP contribution in [0.15, 0.2) is 53.6 Å². The molecule has 3 amide bonds. The monoisotopic (exact) mass is 450 g/mol. The molecule has 0 aromatic heterocycles. The number of para-hydroxylation sites is 1. The molecule has 3 N–H and O–H groups in total. The fourth-order valence-electron chi connectivity index (χ4n) is 2.37. The van der Waals surface area contributed by atoms with Crippen LogP contribution in [0, 0.1) is 0 Å². The third-order valence-corrected chi connectivity index (χ3v) is 3.76. The molecule has 2 aromatic rings. The number of anilines is 1. The van der Waals surface area contributed by atoms with Crippen LogP contribution >= 0.6 is 0 Å². The average molecular weight is 450 g/mol. The first kappa shape index (κ1) is 24.4. The van der Waals surface area contributed by atoms with Crippen LogP contribution in [0.5, 0.6) is 5.75 Å². The minimum atomic E-state index is -4.60. The topological polar surface area (TPSA) is 109 Å². The maximum absolute atomic E-state index is 13.0. The molecular formula is C21H21F3N4O4. The molecule has 170 valence electrons. The molecule has 0 unspecified atom stereocenters. The highest BCUT2D eigenvalue weighted by Crippen LogP contribution is 2.34. The molecule has 0 atom stereocenters. The van der Waals surface area contributed by atoms with Crippen molar-refractivity contribution in [1.82, 2.24) is 10.7 Å². The maximum Gasteiger partial charge on any atom is 0.418 e. The van der Waals surface area contributed by atoms with Gasteiger partial charge in [-0.3, -0.25) is 14.4 Å². The zero-order valence-corrected chi connectivity index (χ0v) is 17.2. The quantitative estimate of drug-likeness (QED) is 0.342. The molecule has 0 heterocycles. The molecule has 11 heteroatoms. The summed E-state index contributed by atoms with van der Waals surface area (Å²) in [5, 5.41) is 8.26. The van der Waals surface area contributed by atoms with Crippen LogP contribution in [0.25, 0.3) is 0 Å². The van der Waals surface area contributed by atoms with Gasteiger partial charge in [0.25, 0.3) is 5.91 Å². The second-order valence-corrected chi connectivity index (χ2v) is 6.78. The Balaban J connectivity index is 1.85. The largest absolute Gasteiger partial charge is 0.484 e. The number of amides is 3. The van der Waals surface area contributed by atoms with Gasteiger partial charge in [-0.05, 0) is 55.8 Å². The van der Waals surface area contributed by atoms with Gasteiger partial charge in [0.1, 0.15) is 5.75 Å². The summed E-state index contributed by atoms with van der Waals surface area (Å²) in [6.45, 7) is 2.92. The number of benzene rings is 2. The fourth-order valence-corrected chi connectivity index (χ4v) is 2.37. The number of hydrogen-bond donors (Lipinski definition) is 3. The maximum atomic E-state index is 13.0. The third kappa shape index (κ3) is 7.74. The van der Waals surface area contributed by atoms with Crippen molar-refractivity contribution in [1.29, 1.82) is 0 Å². The molecular weight excluding hydrogens is 429 g/mol. The molecule has 0 spiro atoms. The van der Waals surface area contributed by atoms with Crippen LogP contribution in [0.3, 0.4) is 0 Å². The summed E-state index contributed by atoms with van der Waals surface area (Å²) in [5.41, 5.74) is 1.33. The lowest BCUT2D eigenvalue weighted by molar-refractivity contribution is -0.139. The van der Waals surface area contributed by atoms with Gasteiger partial charge in [-0.1, -0.05) is 12.1 Å². The highest BCUT2D eigenvalue weighted by molar-refractivity contribution is 6.35. The van der Waals surface area contributed by atoms with E-state index in [9.17, 15) is 27.6 Å². The number of hydrogen-bond acceptors (Lipinski definition) is 5. The van der Waals surface area contributed by atoms with Crippen LogP contribution in [-0.2, 0) is 20.6 Å². The van der Waals surface area contributed by atoms with E-state index in [1.54, 1.807) is 26.0 Å². The lowest BCUT2D eigenvalue weighted by atomic mass is 10.1. The van der Waals surface area contributed by atoms with Crippen LogP contribution in [0.4, 0.5) is 18.9 Å². The zero-order valence-electron chi connectivity index (χ0n) is 17.2. The molecule has 2 rings (SSSR count). The van der Waals surface area contributed by atoms with E-state index in [1.165, 1.54) is 30.5 Å². The number of ether oxygens (including phenoxy) is 1. The Kier molecular flexibility index (Phi) is 8.33. The number of hydrazone groups is 1. The van der Waals surface area contributed by atoms with Crippen molar-refractivity contribution >= 4 is 29.6 Å². The molecule has 32 heavy (non-hydrogen) atoms. The van der Waals surface area contributed by atoms with Gasteiger partial charge >= 0.3 is 18.0 Å². The van der Waals surface area contributed by atoms with E-state index < -0.39 is 36.1 Å². The summed E-state index contributed by atoms with van der Waals surface area (Å²) in [6, 6.07) is 10.6. The molecule has 0 aliphatic rings. The van der Waals surface area contributed by atoms with Crippen molar-refractivity contribution in [3.05, 3.63) is 59.7 Å². The highest BCUT2D eigenvalue weighted by atomic mass is 19.4. The fraction of sp³-hybridized carbons (Fsp3) is 0.238. The van der Waals surface area contributed by atoms with Gasteiger partial charge in [-0.2, -0.15) is 18.3 Å². The van der Waals surface area contributed by atoms with Crippen LogP contribution in [0.2, 0.25) is 0 Å². The first-order valence-electron chi connectivity index (χ1n) is 9.39. The Morgan fingerprint density at radius 2 is 1.69 bits per heavy atom. The molecule has 8 nitrogen and oxygen atoms in total. The number of carbonyl (C=O) groups excluding carboxylic acids is 3. The molecule has 0 radical (unpaired) electrons. The summed E-state index contributed by atoms with van der Waals surface area (Å²) in [6.07, 6.45) is -3.30. The lowest BCUT2D eigenvalue weighted by Gasteiger charge is -2.13. The Labute approximate surface area is 181 Å². The van der Waals surface area contributed by atoms with E-state index in [4.69, 9.17) is 4.74 Å². The van der Waals surface area contributed by atoms with Crippen molar-refractivity contribution in [2.24, 2.45) is 5.10 Å². The smallest absolute Gasteiger partial charge is 0.418 e. The summed E-state index contributed by atoms with van der Waals surface area (Å²) >= 11 is 0. The number of nitrogens with zero attached hydrogens (tertiary/aromatic N) is 1. The Morgan fingerprint density at radius 3 is 2.31 bits per heavy atom. The van der Waals surface area contributed by atoms with Gasteiger partial charge in [-0.15, -0.1) is 0 Å². The van der Waals surface area contributed by atoms with E-state index in [2.05, 4.69) is 21.2 Å². The van der Waals surface area contributed by atoms with E-state index in [1.807, 2.05) is 0 Å². The summed E-state index contributed by atoms with van der Waals surface area (Å²) in [5.74, 6) is -2.18. The van der Waals surface area contributed by atoms with Gasteiger partial charge in [-0.25, -0.2) is 5.43 Å². The van der Waals surface area contributed by atoms with Gasteiger partial charge in [0, 0.05) is 6.04 Å². The molecule has 0 fully saturated rings. The Morgan fingerprint density at radius 1 is 1.03 bits per heavy atom. The normalized spacial score (nSPS) is 11.3. The lowest BCUT2D eigenvalue weighted by Crippen LogP contribution is -2.41.